The van der Waals surface area contributed by atoms with Crippen LogP contribution in [0.25, 0.3) is 0 Å². The Labute approximate surface area is 181 Å². The van der Waals surface area contributed by atoms with E-state index in [-0.39, 0.29) is 42.2 Å². The van der Waals surface area contributed by atoms with Crippen LogP contribution in [0.4, 0.5) is 0 Å². The Morgan fingerprint density at radius 3 is 2.63 bits per heavy atom. The van der Waals surface area contributed by atoms with Gasteiger partial charge in [0.1, 0.15) is 6.04 Å². The van der Waals surface area contributed by atoms with E-state index in [1.54, 1.807) is 17.8 Å². The molecule has 0 radical (unpaired) electrons. The van der Waals surface area contributed by atoms with E-state index in [0.29, 0.717) is 13.0 Å². The number of carbonyl (C=O) groups is 3. The zero-order valence-electron chi connectivity index (χ0n) is 17.5. The number of aliphatic hydroxyl groups is 1. The summed E-state index contributed by atoms with van der Waals surface area (Å²) in [7, 11) is 0. The number of carbonyl (C=O) groups excluding carboxylic acids is 2. The molecular weight excluding hydrogens is 404 g/mol. The van der Waals surface area contributed by atoms with Crippen molar-refractivity contribution in [3.63, 3.8) is 0 Å². The number of fused-ring (bicyclic) bond motifs is 1. The summed E-state index contributed by atoms with van der Waals surface area (Å²) in [6.45, 7) is 6.12. The maximum Gasteiger partial charge on any atom is 0.308 e. The van der Waals surface area contributed by atoms with Crippen molar-refractivity contribution in [1.82, 2.24) is 9.80 Å². The van der Waals surface area contributed by atoms with E-state index in [2.05, 4.69) is 6.58 Å². The number of thioether (sulfide) groups is 1. The highest BCUT2D eigenvalue weighted by atomic mass is 32.2. The fourth-order valence-electron chi connectivity index (χ4n) is 6.54. The Bertz CT molecular complexity index is 739. The smallest absolute Gasteiger partial charge is 0.308 e. The van der Waals surface area contributed by atoms with Gasteiger partial charge in [-0.05, 0) is 25.2 Å². The molecule has 3 saturated heterocycles. The third-order valence-corrected chi connectivity index (χ3v) is 9.81. The van der Waals surface area contributed by atoms with Crippen LogP contribution in [0.2, 0.25) is 0 Å². The summed E-state index contributed by atoms with van der Waals surface area (Å²) in [5.74, 6) is -2.74. The lowest BCUT2D eigenvalue weighted by molar-refractivity contribution is -0.149. The molecule has 166 valence electrons. The molecule has 3 unspecified atom stereocenters. The summed E-state index contributed by atoms with van der Waals surface area (Å²) in [5, 5.41) is 19.4. The van der Waals surface area contributed by atoms with Crippen LogP contribution in [0.1, 0.15) is 45.4 Å². The van der Waals surface area contributed by atoms with Gasteiger partial charge < -0.3 is 20.0 Å². The van der Waals surface area contributed by atoms with Crippen molar-refractivity contribution in [2.45, 2.75) is 67.5 Å². The number of aliphatic carboxylic acids is 1. The number of rotatable bonds is 7. The molecule has 4 rings (SSSR count). The quantitative estimate of drug-likeness (QED) is 0.590. The van der Waals surface area contributed by atoms with Gasteiger partial charge in [-0.1, -0.05) is 32.3 Å². The third kappa shape index (κ3) is 3.01. The molecule has 0 aromatic carbocycles. The Kier molecular flexibility index (Phi) is 5.92. The third-order valence-electron chi connectivity index (χ3n) is 7.73. The number of carboxylic acids is 1. The van der Waals surface area contributed by atoms with E-state index in [1.807, 2.05) is 11.8 Å². The number of carboxylic acid groups (broad SMARTS) is 1. The van der Waals surface area contributed by atoms with E-state index >= 15 is 0 Å². The molecule has 7 nitrogen and oxygen atoms in total. The van der Waals surface area contributed by atoms with Crippen LogP contribution in [-0.4, -0.2) is 79.6 Å². The van der Waals surface area contributed by atoms with Crippen LogP contribution >= 0.6 is 11.8 Å². The van der Waals surface area contributed by atoms with Gasteiger partial charge in [-0.2, -0.15) is 0 Å². The molecule has 0 aromatic heterocycles. The molecule has 8 heteroatoms. The van der Waals surface area contributed by atoms with Crippen LogP contribution < -0.4 is 0 Å². The molecule has 30 heavy (non-hydrogen) atoms. The predicted octanol–water partition coefficient (Wildman–Crippen LogP) is 1.75. The first-order valence-electron chi connectivity index (χ1n) is 11.1. The van der Waals surface area contributed by atoms with Crippen molar-refractivity contribution in [3.8, 4) is 0 Å². The van der Waals surface area contributed by atoms with Gasteiger partial charge in [-0.25, -0.2) is 0 Å². The Morgan fingerprint density at radius 1 is 1.33 bits per heavy atom. The first-order chi connectivity index (χ1) is 14.4. The monoisotopic (exact) mass is 436 g/mol. The number of hydrogen-bond acceptors (Lipinski definition) is 5. The zero-order chi connectivity index (χ0) is 21.6. The SMILES string of the molecule is C=CCN(C(=O)C1N(CCO)C(=O)[C@@H]2[C@H](C(=O)O)[C@@H]3CC(C)C12S3)C1CCCCC1. The molecular formula is C22H32N2O5S. The van der Waals surface area contributed by atoms with Crippen LogP contribution in [0.5, 0.6) is 0 Å². The van der Waals surface area contributed by atoms with Crippen LogP contribution in [-0.2, 0) is 14.4 Å². The molecule has 1 saturated carbocycles. The second kappa shape index (κ2) is 8.19. The van der Waals surface area contributed by atoms with Gasteiger partial charge in [-0.3, -0.25) is 14.4 Å². The zero-order valence-corrected chi connectivity index (χ0v) is 18.4. The lowest BCUT2D eigenvalue weighted by Crippen LogP contribution is -2.59. The molecule has 3 heterocycles. The van der Waals surface area contributed by atoms with Gasteiger partial charge in [0.15, 0.2) is 0 Å². The van der Waals surface area contributed by atoms with Gasteiger partial charge in [-0.15, -0.1) is 18.3 Å². The van der Waals surface area contributed by atoms with Crippen molar-refractivity contribution >= 4 is 29.5 Å². The Hall–Kier alpha value is -1.54. The van der Waals surface area contributed by atoms with Crippen molar-refractivity contribution in [2.24, 2.45) is 17.8 Å². The molecule has 0 aromatic rings. The first kappa shape index (κ1) is 21.7. The lowest BCUT2D eigenvalue weighted by Gasteiger charge is -2.42. The minimum absolute atomic E-state index is 0.0599. The molecule has 2 bridgehead atoms. The Morgan fingerprint density at radius 2 is 2.03 bits per heavy atom. The lowest BCUT2D eigenvalue weighted by atomic mass is 9.66. The number of likely N-dealkylation sites (tertiary alicyclic amines) is 1. The van der Waals surface area contributed by atoms with Crippen LogP contribution in [0, 0.1) is 17.8 Å². The van der Waals surface area contributed by atoms with E-state index < -0.39 is 28.6 Å². The largest absolute Gasteiger partial charge is 0.481 e. The molecule has 4 fully saturated rings. The maximum atomic E-state index is 14.1. The molecule has 1 spiro atoms. The van der Waals surface area contributed by atoms with Gasteiger partial charge in [0.05, 0.1) is 23.2 Å². The van der Waals surface area contributed by atoms with E-state index in [0.717, 1.165) is 25.7 Å². The fraction of sp³-hybridized carbons (Fsp3) is 0.773. The van der Waals surface area contributed by atoms with Gasteiger partial charge in [0, 0.05) is 24.4 Å². The molecule has 2 N–H and O–H groups in total. The van der Waals surface area contributed by atoms with Crippen molar-refractivity contribution in [2.75, 3.05) is 19.7 Å². The summed E-state index contributed by atoms with van der Waals surface area (Å²) in [5.41, 5.74) is 0. The summed E-state index contributed by atoms with van der Waals surface area (Å²) < 4.78 is -0.731. The molecule has 3 aliphatic heterocycles. The number of nitrogens with zero attached hydrogens (tertiary/aromatic N) is 2. The standard InChI is InChI=1S/C22H32N2O5S/c1-3-9-23(14-7-5-4-6-8-14)20(27)18-22-13(2)12-15(30-22)16(21(28)29)17(22)19(26)24(18)10-11-25/h3,13-18,25H,1,4-12H2,2H3,(H,28,29)/t13?,15-,16+,17-,18?,22?/m0/s1. The van der Waals surface area contributed by atoms with Crippen molar-refractivity contribution in [3.05, 3.63) is 12.7 Å². The van der Waals surface area contributed by atoms with Crippen LogP contribution in [0.15, 0.2) is 12.7 Å². The summed E-state index contributed by atoms with van der Waals surface area (Å²) in [6, 6.07) is -0.599. The second-order valence-corrected chi connectivity index (χ2v) is 10.8. The Balaban J connectivity index is 1.75. The molecule has 1 aliphatic carbocycles. The highest BCUT2D eigenvalue weighted by molar-refractivity contribution is 8.02. The highest BCUT2D eigenvalue weighted by Gasteiger charge is 2.76. The first-order valence-corrected chi connectivity index (χ1v) is 12.0. The molecule has 4 aliphatic rings. The molecule has 2 amide bonds. The van der Waals surface area contributed by atoms with Crippen LogP contribution in [0.3, 0.4) is 0 Å². The number of aliphatic hydroxyl groups excluding tert-OH is 1. The van der Waals surface area contributed by atoms with Gasteiger partial charge in [0.2, 0.25) is 11.8 Å². The topological polar surface area (TPSA) is 98.2 Å². The summed E-state index contributed by atoms with van der Waals surface area (Å²) in [4.78, 5) is 42.9. The van der Waals surface area contributed by atoms with E-state index in [1.165, 1.54) is 11.3 Å². The number of amides is 2. The molecule has 6 atom stereocenters. The average molecular weight is 437 g/mol. The second-order valence-electron chi connectivity index (χ2n) is 9.22. The van der Waals surface area contributed by atoms with E-state index in [4.69, 9.17) is 0 Å². The maximum absolute atomic E-state index is 14.1. The fourth-order valence-corrected chi connectivity index (χ4v) is 8.95. The van der Waals surface area contributed by atoms with Gasteiger partial charge >= 0.3 is 5.97 Å². The highest BCUT2D eigenvalue weighted by Crippen LogP contribution is 2.68. The predicted molar refractivity (Wildman–Crippen MR) is 114 cm³/mol. The summed E-state index contributed by atoms with van der Waals surface area (Å²) >= 11 is 1.55. The summed E-state index contributed by atoms with van der Waals surface area (Å²) in [6.07, 6.45) is 7.66. The normalized spacial score (nSPS) is 38.0. The number of hydrogen-bond donors (Lipinski definition) is 2. The minimum Gasteiger partial charge on any atom is -0.481 e. The van der Waals surface area contributed by atoms with E-state index in [9.17, 15) is 24.6 Å². The van der Waals surface area contributed by atoms with Crippen molar-refractivity contribution < 1.29 is 24.6 Å². The van der Waals surface area contributed by atoms with Crippen molar-refractivity contribution in [1.29, 1.82) is 0 Å². The number of β-amino-alcohol motifs (C(OH)–C–C–N with tert-alkyl or cyclic N) is 1. The average Bonchev–Trinajstić information content (AvgIpc) is 3.31. The van der Waals surface area contributed by atoms with Gasteiger partial charge in [0.25, 0.3) is 0 Å². The minimum atomic E-state index is -0.952.